The number of hydrogen-bond donors (Lipinski definition) is 2. The number of aryl methyl sites for hydroxylation is 2. The lowest BCUT2D eigenvalue weighted by atomic mass is 10.0. The molecule has 0 radical (unpaired) electrons. The van der Waals surface area contributed by atoms with Crippen LogP contribution >= 0.6 is 24.0 Å². The molecule has 1 aromatic carbocycles. The van der Waals surface area contributed by atoms with E-state index in [4.69, 9.17) is 0 Å². The van der Waals surface area contributed by atoms with Crippen LogP contribution in [0.4, 0.5) is 8.78 Å². The van der Waals surface area contributed by atoms with Crippen molar-refractivity contribution in [3.63, 3.8) is 0 Å². The monoisotopic (exact) mass is 533 g/mol. The van der Waals surface area contributed by atoms with E-state index in [1.807, 2.05) is 18.5 Å². The third kappa shape index (κ3) is 5.87. The number of halogens is 3. The molecule has 166 valence electrons. The van der Waals surface area contributed by atoms with E-state index in [0.29, 0.717) is 19.0 Å². The van der Waals surface area contributed by atoms with Gasteiger partial charge in [-0.25, -0.2) is 18.4 Å². The summed E-state index contributed by atoms with van der Waals surface area (Å²) in [4.78, 5) is 10.8. The van der Waals surface area contributed by atoms with Gasteiger partial charge in [0.15, 0.2) is 5.96 Å². The van der Waals surface area contributed by atoms with Gasteiger partial charge in [-0.2, -0.15) is 5.10 Å². The van der Waals surface area contributed by atoms with Crippen LogP contribution < -0.4 is 10.6 Å². The highest BCUT2D eigenvalue weighted by Crippen LogP contribution is 2.24. The minimum absolute atomic E-state index is 0. The van der Waals surface area contributed by atoms with Crippen molar-refractivity contribution in [3.8, 4) is 0 Å². The van der Waals surface area contributed by atoms with Crippen LogP contribution in [0, 0.1) is 18.6 Å². The molecule has 10 heteroatoms. The fraction of sp³-hybridized carbons (Fsp3) is 0.550. The van der Waals surface area contributed by atoms with Crippen LogP contribution in [-0.2, 0) is 13.0 Å². The maximum absolute atomic E-state index is 14.3. The number of likely N-dealkylation sites (N-methyl/N-ethyl adjacent to an activating group) is 1. The number of rotatable bonds is 6. The number of hydrogen-bond acceptors (Lipinski definition) is 4. The minimum atomic E-state index is -0.557. The molecule has 7 nitrogen and oxygen atoms in total. The highest BCUT2D eigenvalue weighted by atomic mass is 127. The lowest BCUT2D eigenvalue weighted by Crippen LogP contribution is -2.47. The Labute approximate surface area is 193 Å². The van der Waals surface area contributed by atoms with Gasteiger partial charge in [0.2, 0.25) is 0 Å². The van der Waals surface area contributed by atoms with Crippen LogP contribution in [-0.4, -0.2) is 58.9 Å². The standard InChI is InChI=1S/C20H29F2N7.HI/c1-5-23-20(26-14-9-10-18-25-13(2)27-29(18)12-14)24-11-17(28(3)4)19-15(21)7-6-8-16(19)22;/h6-8,14,17H,5,9-12H2,1-4H3,(H2,23,24,26);1H. The van der Waals surface area contributed by atoms with E-state index in [2.05, 4.69) is 25.7 Å². The molecule has 0 amide bonds. The molecular weight excluding hydrogens is 503 g/mol. The summed E-state index contributed by atoms with van der Waals surface area (Å²) in [5.74, 6) is 1.30. The van der Waals surface area contributed by atoms with Gasteiger partial charge < -0.3 is 15.5 Å². The average Bonchev–Trinajstić information content (AvgIpc) is 3.03. The number of nitrogens with zero attached hydrogens (tertiary/aromatic N) is 5. The highest BCUT2D eigenvalue weighted by molar-refractivity contribution is 14.0. The Balaban J connectivity index is 0.00000320. The third-order valence-electron chi connectivity index (χ3n) is 5.03. The second kappa shape index (κ2) is 11.0. The predicted molar refractivity (Wildman–Crippen MR) is 124 cm³/mol. The molecule has 2 atom stereocenters. The first-order chi connectivity index (χ1) is 13.9. The van der Waals surface area contributed by atoms with Crippen molar-refractivity contribution in [2.45, 2.75) is 45.3 Å². The van der Waals surface area contributed by atoms with Gasteiger partial charge in [0, 0.05) is 24.6 Å². The molecule has 1 aromatic heterocycles. The van der Waals surface area contributed by atoms with Crippen molar-refractivity contribution in [2.75, 3.05) is 27.2 Å². The summed E-state index contributed by atoms with van der Waals surface area (Å²) in [5.41, 5.74) is 0.0393. The zero-order chi connectivity index (χ0) is 21.0. The molecule has 3 rings (SSSR count). The molecule has 2 heterocycles. The maximum atomic E-state index is 14.3. The van der Waals surface area contributed by atoms with E-state index in [0.717, 1.165) is 24.5 Å². The summed E-state index contributed by atoms with van der Waals surface area (Å²) in [5, 5.41) is 11.1. The van der Waals surface area contributed by atoms with E-state index in [1.165, 1.54) is 18.2 Å². The van der Waals surface area contributed by atoms with E-state index >= 15 is 0 Å². The number of guanidine groups is 1. The zero-order valence-electron chi connectivity index (χ0n) is 17.8. The molecule has 0 aliphatic carbocycles. The number of aliphatic imine (C=N–C) groups is 1. The van der Waals surface area contributed by atoms with Gasteiger partial charge in [-0.3, -0.25) is 4.99 Å². The Morgan fingerprint density at radius 3 is 2.67 bits per heavy atom. The average molecular weight is 533 g/mol. The molecule has 0 saturated carbocycles. The normalized spacial score (nSPS) is 17.3. The molecule has 2 aromatic rings. The van der Waals surface area contributed by atoms with Crippen molar-refractivity contribution >= 4 is 29.9 Å². The smallest absolute Gasteiger partial charge is 0.191 e. The topological polar surface area (TPSA) is 70.4 Å². The first kappa shape index (κ1) is 24.4. The molecule has 0 saturated heterocycles. The summed E-state index contributed by atoms with van der Waals surface area (Å²) in [6.45, 7) is 5.49. The highest BCUT2D eigenvalue weighted by Gasteiger charge is 2.24. The SMILES string of the molecule is CCNC(=NCC(c1c(F)cccc1F)N(C)C)NC1CCc2nc(C)nn2C1.I. The Morgan fingerprint density at radius 2 is 2.03 bits per heavy atom. The van der Waals surface area contributed by atoms with Crippen LogP contribution in [0.5, 0.6) is 0 Å². The van der Waals surface area contributed by atoms with Gasteiger partial charge in [-0.1, -0.05) is 6.07 Å². The predicted octanol–water partition coefficient (Wildman–Crippen LogP) is 2.66. The first-order valence-electron chi connectivity index (χ1n) is 9.94. The second-order valence-corrected chi connectivity index (χ2v) is 7.47. The Morgan fingerprint density at radius 1 is 1.33 bits per heavy atom. The minimum Gasteiger partial charge on any atom is -0.357 e. The summed E-state index contributed by atoms with van der Waals surface area (Å²) in [6, 6.07) is 3.58. The molecular formula is C20H30F2IN7. The fourth-order valence-corrected chi connectivity index (χ4v) is 3.58. The summed E-state index contributed by atoms with van der Waals surface area (Å²) in [6.07, 6.45) is 1.76. The number of nitrogens with one attached hydrogen (secondary N) is 2. The van der Waals surface area contributed by atoms with Crippen LogP contribution in [0.3, 0.4) is 0 Å². The van der Waals surface area contributed by atoms with Crippen molar-refractivity contribution in [2.24, 2.45) is 4.99 Å². The maximum Gasteiger partial charge on any atom is 0.191 e. The largest absolute Gasteiger partial charge is 0.357 e. The molecule has 0 spiro atoms. The molecule has 30 heavy (non-hydrogen) atoms. The molecule has 1 aliphatic rings. The first-order valence-corrected chi connectivity index (χ1v) is 9.94. The van der Waals surface area contributed by atoms with Crippen molar-refractivity contribution in [1.82, 2.24) is 30.3 Å². The third-order valence-corrected chi connectivity index (χ3v) is 5.03. The zero-order valence-corrected chi connectivity index (χ0v) is 20.2. The molecule has 0 bridgehead atoms. The molecule has 2 N–H and O–H groups in total. The van der Waals surface area contributed by atoms with E-state index in [-0.39, 0.29) is 42.1 Å². The van der Waals surface area contributed by atoms with Gasteiger partial charge in [-0.15, -0.1) is 24.0 Å². The van der Waals surface area contributed by atoms with Gasteiger partial charge in [0.1, 0.15) is 23.3 Å². The Hall–Kier alpha value is -1.82. The van der Waals surface area contributed by atoms with Crippen molar-refractivity contribution in [1.29, 1.82) is 0 Å². The summed E-state index contributed by atoms with van der Waals surface area (Å²) in [7, 11) is 3.59. The van der Waals surface area contributed by atoms with Gasteiger partial charge in [0.05, 0.1) is 19.1 Å². The number of aromatic nitrogens is 3. The molecule has 1 aliphatic heterocycles. The van der Waals surface area contributed by atoms with E-state index in [1.54, 1.807) is 19.0 Å². The molecule has 2 unspecified atom stereocenters. The van der Waals surface area contributed by atoms with Crippen molar-refractivity contribution in [3.05, 3.63) is 47.0 Å². The van der Waals surface area contributed by atoms with Gasteiger partial charge in [0.25, 0.3) is 0 Å². The second-order valence-electron chi connectivity index (χ2n) is 7.47. The van der Waals surface area contributed by atoms with Crippen LogP contribution in [0.25, 0.3) is 0 Å². The van der Waals surface area contributed by atoms with Gasteiger partial charge >= 0.3 is 0 Å². The summed E-state index contributed by atoms with van der Waals surface area (Å²) < 4.78 is 30.5. The lowest BCUT2D eigenvalue weighted by molar-refractivity contribution is 0.289. The van der Waals surface area contributed by atoms with Crippen LogP contribution in [0.2, 0.25) is 0 Å². The fourth-order valence-electron chi connectivity index (χ4n) is 3.58. The Kier molecular flexibility index (Phi) is 8.95. The van der Waals surface area contributed by atoms with Crippen LogP contribution in [0.1, 0.15) is 36.6 Å². The summed E-state index contributed by atoms with van der Waals surface area (Å²) >= 11 is 0. The Bertz CT molecular complexity index is 849. The number of fused-ring (bicyclic) bond motifs is 1. The van der Waals surface area contributed by atoms with E-state index in [9.17, 15) is 8.78 Å². The van der Waals surface area contributed by atoms with Gasteiger partial charge in [-0.05, 0) is 46.5 Å². The lowest BCUT2D eigenvalue weighted by Gasteiger charge is -2.27. The quantitative estimate of drug-likeness (QED) is 0.340. The van der Waals surface area contributed by atoms with Crippen molar-refractivity contribution < 1.29 is 8.78 Å². The number of benzene rings is 1. The molecule has 0 fully saturated rings. The van der Waals surface area contributed by atoms with E-state index < -0.39 is 17.7 Å². The van der Waals surface area contributed by atoms with Crippen LogP contribution in [0.15, 0.2) is 23.2 Å².